The molecule has 0 saturated heterocycles. The van der Waals surface area contributed by atoms with E-state index < -0.39 is 0 Å². The van der Waals surface area contributed by atoms with Gasteiger partial charge in [0.15, 0.2) is 0 Å². The van der Waals surface area contributed by atoms with Crippen LogP contribution in [0.4, 0.5) is 5.82 Å². The highest BCUT2D eigenvalue weighted by atomic mass is 15.1. The van der Waals surface area contributed by atoms with Crippen molar-refractivity contribution in [3.8, 4) is 0 Å². The first-order chi connectivity index (χ1) is 7.99. The molecule has 1 aromatic rings. The summed E-state index contributed by atoms with van der Waals surface area (Å²) >= 11 is 0. The molecule has 1 rings (SSSR count). The van der Waals surface area contributed by atoms with Gasteiger partial charge in [-0.05, 0) is 25.7 Å². The maximum atomic E-state index is 5.87. The quantitative estimate of drug-likeness (QED) is 0.795. The van der Waals surface area contributed by atoms with Crippen LogP contribution in [0.15, 0.2) is 12.4 Å². The summed E-state index contributed by atoms with van der Waals surface area (Å²) < 4.78 is 0. The third-order valence-electron chi connectivity index (χ3n) is 2.83. The molecule has 1 unspecified atom stereocenters. The van der Waals surface area contributed by atoms with E-state index in [0.717, 1.165) is 24.4 Å². The Kier molecular flexibility index (Phi) is 4.87. The Labute approximate surface area is 104 Å². The Balaban J connectivity index is 2.79. The van der Waals surface area contributed by atoms with E-state index in [0.29, 0.717) is 12.5 Å². The second-order valence-electron chi connectivity index (χ2n) is 5.24. The fourth-order valence-corrected chi connectivity index (χ4v) is 2.05. The molecule has 1 atom stereocenters. The van der Waals surface area contributed by atoms with Crippen LogP contribution in [0.2, 0.25) is 0 Å². The van der Waals surface area contributed by atoms with E-state index in [1.807, 2.05) is 6.07 Å². The van der Waals surface area contributed by atoms with Crippen molar-refractivity contribution in [3.63, 3.8) is 0 Å². The predicted octanol–water partition coefficient (Wildman–Crippen LogP) is 2.21. The number of hydrogen-bond acceptors (Lipinski definition) is 4. The molecule has 3 N–H and O–H groups in total. The molecule has 0 radical (unpaired) electrons. The highest BCUT2D eigenvalue weighted by Crippen LogP contribution is 2.20. The topological polar surface area (TPSA) is 63.8 Å². The Morgan fingerprint density at radius 3 is 2.65 bits per heavy atom. The van der Waals surface area contributed by atoms with Crippen LogP contribution in [0.5, 0.6) is 0 Å². The first-order valence-electron chi connectivity index (χ1n) is 6.28. The summed E-state index contributed by atoms with van der Waals surface area (Å²) in [6.45, 7) is 9.22. The summed E-state index contributed by atoms with van der Waals surface area (Å²) in [5.74, 6) is 1.47. The van der Waals surface area contributed by atoms with Crippen LogP contribution >= 0.6 is 0 Å². The molecule has 96 valence electrons. The van der Waals surface area contributed by atoms with Gasteiger partial charge in [0.2, 0.25) is 0 Å². The molecular weight excluding hydrogens is 212 g/mol. The average Bonchev–Trinajstić information content (AvgIpc) is 2.28. The molecule has 1 aromatic heterocycles. The van der Waals surface area contributed by atoms with Gasteiger partial charge in [-0.2, -0.15) is 0 Å². The Hall–Kier alpha value is -1.16. The summed E-state index contributed by atoms with van der Waals surface area (Å²) in [6, 6.07) is 1.99. The van der Waals surface area contributed by atoms with E-state index in [2.05, 4.69) is 43.0 Å². The lowest BCUT2D eigenvalue weighted by molar-refractivity contribution is 0.406. The van der Waals surface area contributed by atoms with Crippen molar-refractivity contribution in [2.24, 2.45) is 11.7 Å². The van der Waals surface area contributed by atoms with Crippen molar-refractivity contribution in [3.05, 3.63) is 18.1 Å². The molecule has 0 bridgehead atoms. The number of anilines is 1. The van der Waals surface area contributed by atoms with Crippen LogP contribution in [-0.2, 0) is 6.42 Å². The molecular formula is C13H24N4. The van der Waals surface area contributed by atoms with E-state index in [-0.39, 0.29) is 5.54 Å². The number of nitrogens with two attached hydrogens (primary N) is 1. The van der Waals surface area contributed by atoms with E-state index >= 15 is 0 Å². The minimum Gasteiger partial charge on any atom is -0.364 e. The molecule has 1 heterocycles. The summed E-state index contributed by atoms with van der Waals surface area (Å²) in [4.78, 5) is 8.44. The molecule has 4 heteroatoms. The van der Waals surface area contributed by atoms with Crippen LogP contribution in [0.1, 0.15) is 39.8 Å². The lowest BCUT2D eigenvalue weighted by Crippen LogP contribution is -2.43. The third-order valence-corrected chi connectivity index (χ3v) is 2.83. The van der Waals surface area contributed by atoms with Gasteiger partial charge in [0.1, 0.15) is 12.1 Å². The monoisotopic (exact) mass is 236 g/mol. The third kappa shape index (κ3) is 4.30. The van der Waals surface area contributed by atoms with Crippen LogP contribution < -0.4 is 11.1 Å². The molecule has 17 heavy (non-hydrogen) atoms. The van der Waals surface area contributed by atoms with Gasteiger partial charge in [0, 0.05) is 23.8 Å². The normalized spacial score (nSPS) is 14.7. The Morgan fingerprint density at radius 1 is 1.41 bits per heavy atom. The Morgan fingerprint density at radius 2 is 2.12 bits per heavy atom. The lowest BCUT2D eigenvalue weighted by atomic mass is 9.91. The van der Waals surface area contributed by atoms with E-state index in [9.17, 15) is 0 Å². The van der Waals surface area contributed by atoms with Crippen LogP contribution in [0.25, 0.3) is 0 Å². The lowest BCUT2D eigenvalue weighted by Gasteiger charge is -2.31. The van der Waals surface area contributed by atoms with Crippen LogP contribution in [0.3, 0.4) is 0 Å². The maximum Gasteiger partial charge on any atom is 0.130 e. The molecule has 0 aliphatic carbocycles. The van der Waals surface area contributed by atoms with Gasteiger partial charge >= 0.3 is 0 Å². The minimum atomic E-state index is -0.104. The van der Waals surface area contributed by atoms with Crippen molar-refractivity contribution in [1.29, 1.82) is 0 Å². The average molecular weight is 236 g/mol. The fraction of sp³-hybridized carbons (Fsp3) is 0.692. The van der Waals surface area contributed by atoms with Gasteiger partial charge in [0.05, 0.1) is 0 Å². The number of hydrogen-bond donors (Lipinski definition) is 2. The summed E-state index contributed by atoms with van der Waals surface area (Å²) in [6.07, 6.45) is 3.54. The molecule has 0 aromatic carbocycles. The zero-order valence-electron chi connectivity index (χ0n) is 11.3. The maximum absolute atomic E-state index is 5.87. The highest BCUT2D eigenvalue weighted by molar-refractivity contribution is 5.38. The predicted molar refractivity (Wildman–Crippen MR) is 71.9 cm³/mol. The van der Waals surface area contributed by atoms with Gasteiger partial charge in [-0.3, -0.25) is 0 Å². The van der Waals surface area contributed by atoms with Gasteiger partial charge in [-0.1, -0.05) is 20.8 Å². The highest BCUT2D eigenvalue weighted by Gasteiger charge is 2.23. The van der Waals surface area contributed by atoms with Crippen molar-refractivity contribution in [2.45, 2.75) is 46.1 Å². The summed E-state index contributed by atoms with van der Waals surface area (Å²) in [5.41, 5.74) is 6.81. The molecule has 0 spiro atoms. The smallest absolute Gasteiger partial charge is 0.130 e. The first-order valence-corrected chi connectivity index (χ1v) is 6.28. The minimum absolute atomic E-state index is 0.104. The van der Waals surface area contributed by atoms with E-state index in [1.165, 1.54) is 0 Å². The van der Waals surface area contributed by atoms with Crippen molar-refractivity contribution >= 4 is 5.82 Å². The second-order valence-corrected chi connectivity index (χ2v) is 5.24. The van der Waals surface area contributed by atoms with E-state index in [1.54, 1.807) is 6.33 Å². The zero-order valence-corrected chi connectivity index (χ0v) is 11.3. The molecule has 0 aliphatic rings. The standard InChI is InChI=1S/C13H24N4/c1-5-11-6-12(16-9-15-11)17-13(4,8-14)7-10(2)3/h6,9-10H,5,7-8,14H2,1-4H3,(H,15,16,17). The van der Waals surface area contributed by atoms with Crippen molar-refractivity contribution in [2.75, 3.05) is 11.9 Å². The first kappa shape index (κ1) is 13.9. The molecule has 0 saturated carbocycles. The van der Waals surface area contributed by atoms with Gasteiger partial charge in [-0.25, -0.2) is 9.97 Å². The SMILES string of the molecule is CCc1cc(NC(C)(CN)CC(C)C)ncn1. The fourth-order valence-electron chi connectivity index (χ4n) is 2.05. The second kappa shape index (κ2) is 5.96. The molecule has 0 fully saturated rings. The molecule has 4 nitrogen and oxygen atoms in total. The zero-order chi connectivity index (χ0) is 12.9. The van der Waals surface area contributed by atoms with Crippen LogP contribution in [-0.4, -0.2) is 22.1 Å². The number of nitrogens with zero attached hydrogens (tertiary/aromatic N) is 2. The van der Waals surface area contributed by atoms with Gasteiger partial charge in [-0.15, -0.1) is 0 Å². The van der Waals surface area contributed by atoms with E-state index in [4.69, 9.17) is 5.73 Å². The Bertz CT molecular complexity index is 351. The summed E-state index contributed by atoms with van der Waals surface area (Å²) in [5, 5.41) is 3.44. The number of nitrogens with one attached hydrogen (secondary N) is 1. The number of rotatable bonds is 6. The summed E-state index contributed by atoms with van der Waals surface area (Å²) in [7, 11) is 0. The number of aryl methyl sites for hydroxylation is 1. The number of aromatic nitrogens is 2. The van der Waals surface area contributed by atoms with Gasteiger partial charge in [0.25, 0.3) is 0 Å². The van der Waals surface area contributed by atoms with Crippen molar-refractivity contribution < 1.29 is 0 Å². The van der Waals surface area contributed by atoms with Crippen molar-refractivity contribution in [1.82, 2.24) is 9.97 Å². The molecule has 0 amide bonds. The van der Waals surface area contributed by atoms with Crippen LogP contribution in [0, 0.1) is 5.92 Å². The molecule has 0 aliphatic heterocycles. The largest absolute Gasteiger partial charge is 0.364 e. The van der Waals surface area contributed by atoms with Gasteiger partial charge < -0.3 is 11.1 Å².